The Labute approximate surface area is 88.3 Å². The van der Waals surface area contributed by atoms with Crippen LogP contribution >= 0.6 is 0 Å². The molecule has 0 unspecified atom stereocenters. The van der Waals surface area contributed by atoms with E-state index >= 15 is 0 Å². The average Bonchev–Trinajstić information content (AvgIpc) is 2.21. The van der Waals surface area contributed by atoms with E-state index in [-0.39, 0.29) is 18.0 Å². The SMILES string of the molecule is CNCCc1cc(F)c(COC)cc1F. The largest absolute Gasteiger partial charge is 0.380 e. The molecule has 84 valence electrons. The summed E-state index contributed by atoms with van der Waals surface area (Å²) in [5.74, 6) is -0.789. The van der Waals surface area contributed by atoms with Gasteiger partial charge in [0.2, 0.25) is 0 Å². The summed E-state index contributed by atoms with van der Waals surface area (Å²) in [6, 6.07) is 2.44. The Morgan fingerprint density at radius 3 is 2.40 bits per heavy atom. The van der Waals surface area contributed by atoms with Gasteiger partial charge in [-0.25, -0.2) is 8.78 Å². The van der Waals surface area contributed by atoms with Crippen LogP contribution in [0.2, 0.25) is 0 Å². The lowest BCUT2D eigenvalue weighted by atomic mass is 10.1. The molecule has 0 radical (unpaired) electrons. The minimum atomic E-state index is -0.413. The highest BCUT2D eigenvalue weighted by Gasteiger charge is 2.09. The van der Waals surface area contributed by atoms with Gasteiger partial charge >= 0.3 is 0 Å². The molecule has 0 aliphatic carbocycles. The third-order valence-corrected chi connectivity index (χ3v) is 2.16. The van der Waals surface area contributed by atoms with Crippen LogP contribution in [0.1, 0.15) is 11.1 Å². The highest BCUT2D eigenvalue weighted by atomic mass is 19.1. The van der Waals surface area contributed by atoms with Gasteiger partial charge in [-0.05, 0) is 37.7 Å². The predicted octanol–water partition coefficient (Wildman–Crippen LogP) is 1.87. The van der Waals surface area contributed by atoms with Crippen LogP contribution < -0.4 is 5.32 Å². The monoisotopic (exact) mass is 215 g/mol. The van der Waals surface area contributed by atoms with Gasteiger partial charge in [0.25, 0.3) is 0 Å². The summed E-state index contributed by atoms with van der Waals surface area (Å²) >= 11 is 0. The lowest BCUT2D eigenvalue weighted by Crippen LogP contribution is -2.12. The van der Waals surface area contributed by atoms with Crippen LogP contribution in [0.25, 0.3) is 0 Å². The molecule has 0 saturated carbocycles. The first-order valence-corrected chi connectivity index (χ1v) is 4.79. The average molecular weight is 215 g/mol. The van der Waals surface area contributed by atoms with Crippen molar-refractivity contribution in [1.29, 1.82) is 0 Å². The number of hydrogen-bond donors (Lipinski definition) is 1. The second kappa shape index (κ2) is 5.78. The maximum absolute atomic E-state index is 13.4. The number of hydrogen-bond acceptors (Lipinski definition) is 2. The van der Waals surface area contributed by atoms with Gasteiger partial charge in [0, 0.05) is 12.7 Å². The molecule has 0 saturated heterocycles. The van der Waals surface area contributed by atoms with Gasteiger partial charge < -0.3 is 10.1 Å². The van der Waals surface area contributed by atoms with Gasteiger partial charge in [-0.3, -0.25) is 0 Å². The second-order valence-electron chi connectivity index (χ2n) is 3.32. The van der Waals surface area contributed by atoms with E-state index in [0.717, 1.165) is 0 Å². The molecule has 0 aromatic heterocycles. The summed E-state index contributed by atoms with van der Waals surface area (Å²) in [6.07, 6.45) is 0.479. The van der Waals surface area contributed by atoms with Gasteiger partial charge in [-0.15, -0.1) is 0 Å². The van der Waals surface area contributed by atoms with Crippen LogP contribution in [0, 0.1) is 11.6 Å². The van der Waals surface area contributed by atoms with Gasteiger partial charge in [0.15, 0.2) is 0 Å². The minimum Gasteiger partial charge on any atom is -0.380 e. The molecule has 1 rings (SSSR count). The van der Waals surface area contributed by atoms with Gasteiger partial charge in [0.05, 0.1) is 6.61 Å². The fraction of sp³-hybridized carbons (Fsp3) is 0.455. The molecular formula is C11H15F2NO. The van der Waals surface area contributed by atoms with E-state index in [4.69, 9.17) is 4.74 Å². The number of nitrogens with one attached hydrogen (secondary N) is 1. The fourth-order valence-electron chi connectivity index (χ4n) is 1.35. The first kappa shape index (κ1) is 12.1. The summed E-state index contributed by atoms with van der Waals surface area (Å²) in [6.45, 7) is 0.717. The lowest BCUT2D eigenvalue weighted by Gasteiger charge is -2.07. The van der Waals surface area contributed by atoms with E-state index in [1.807, 2.05) is 0 Å². The Morgan fingerprint density at radius 2 is 1.80 bits per heavy atom. The van der Waals surface area contributed by atoms with E-state index in [1.165, 1.54) is 19.2 Å². The zero-order chi connectivity index (χ0) is 11.3. The Balaban J connectivity index is 2.87. The quantitative estimate of drug-likeness (QED) is 0.809. The second-order valence-corrected chi connectivity index (χ2v) is 3.32. The van der Waals surface area contributed by atoms with E-state index in [1.54, 1.807) is 7.05 Å². The molecule has 15 heavy (non-hydrogen) atoms. The molecule has 1 aromatic carbocycles. The van der Waals surface area contributed by atoms with Crippen molar-refractivity contribution in [2.45, 2.75) is 13.0 Å². The van der Waals surface area contributed by atoms with Crippen molar-refractivity contribution < 1.29 is 13.5 Å². The third-order valence-electron chi connectivity index (χ3n) is 2.16. The zero-order valence-electron chi connectivity index (χ0n) is 8.94. The van der Waals surface area contributed by atoms with E-state index in [2.05, 4.69) is 5.32 Å². The molecule has 1 N–H and O–H groups in total. The lowest BCUT2D eigenvalue weighted by molar-refractivity contribution is 0.181. The van der Waals surface area contributed by atoms with E-state index < -0.39 is 5.82 Å². The van der Waals surface area contributed by atoms with Crippen molar-refractivity contribution in [2.75, 3.05) is 20.7 Å². The van der Waals surface area contributed by atoms with Crippen LogP contribution in [-0.4, -0.2) is 20.7 Å². The summed E-state index contributed by atoms with van der Waals surface area (Å²) < 4.78 is 31.6. The minimum absolute atomic E-state index is 0.0923. The predicted molar refractivity (Wildman–Crippen MR) is 54.7 cm³/mol. The smallest absolute Gasteiger partial charge is 0.129 e. The number of methoxy groups -OCH3 is 1. The maximum Gasteiger partial charge on any atom is 0.129 e. The summed E-state index contributed by atoms with van der Waals surface area (Å²) in [4.78, 5) is 0. The molecule has 0 amide bonds. The van der Waals surface area contributed by atoms with Crippen LogP contribution in [-0.2, 0) is 17.8 Å². The zero-order valence-corrected chi connectivity index (χ0v) is 8.94. The number of ether oxygens (including phenoxy) is 1. The third kappa shape index (κ3) is 3.25. The molecule has 2 nitrogen and oxygen atoms in total. The first-order chi connectivity index (χ1) is 7.19. The molecule has 0 fully saturated rings. The molecule has 0 bridgehead atoms. The van der Waals surface area contributed by atoms with Gasteiger partial charge in [-0.1, -0.05) is 0 Å². The van der Waals surface area contributed by atoms with Crippen molar-refractivity contribution >= 4 is 0 Å². The normalized spacial score (nSPS) is 10.7. The highest BCUT2D eigenvalue weighted by molar-refractivity contribution is 5.26. The highest BCUT2D eigenvalue weighted by Crippen LogP contribution is 2.16. The topological polar surface area (TPSA) is 21.3 Å². The van der Waals surface area contributed by atoms with Crippen molar-refractivity contribution in [3.63, 3.8) is 0 Å². The van der Waals surface area contributed by atoms with Crippen molar-refractivity contribution in [3.8, 4) is 0 Å². The molecule has 1 aromatic rings. The first-order valence-electron chi connectivity index (χ1n) is 4.79. The molecule has 4 heteroatoms. The Morgan fingerprint density at radius 1 is 1.20 bits per heavy atom. The van der Waals surface area contributed by atoms with Crippen molar-refractivity contribution in [2.24, 2.45) is 0 Å². The van der Waals surface area contributed by atoms with Crippen molar-refractivity contribution in [1.82, 2.24) is 5.32 Å². The summed E-state index contributed by atoms with van der Waals surface area (Å²) in [5, 5.41) is 2.89. The van der Waals surface area contributed by atoms with E-state index in [0.29, 0.717) is 18.5 Å². The maximum atomic E-state index is 13.4. The van der Waals surface area contributed by atoms with Crippen LogP contribution in [0.15, 0.2) is 12.1 Å². The molecule has 0 atom stereocenters. The Bertz CT molecular complexity index is 329. The van der Waals surface area contributed by atoms with E-state index in [9.17, 15) is 8.78 Å². The Kier molecular flexibility index (Phi) is 4.65. The molecule has 0 aliphatic rings. The summed E-state index contributed by atoms with van der Waals surface area (Å²) in [5.41, 5.74) is 0.643. The van der Waals surface area contributed by atoms with Crippen LogP contribution in [0.4, 0.5) is 8.78 Å². The van der Waals surface area contributed by atoms with Gasteiger partial charge in [-0.2, -0.15) is 0 Å². The van der Waals surface area contributed by atoms with Gasteiger partial charge in [0.1, 0.15) is 11.6 Å². The fourth-order valence-corrected chi connectivity index (χ4v) is 1.35. The molecule has 0 heterocycles. The standard InChI is InChI=1S/C11H15F2NO/c1-14-4-3-8-5-11(13)9(7-15-2)6-10(8)12/h5-6,14H,3-4,7H2,1-2H3. The van der Waals surface area contributed by atoms with Crippen molar-refractivity contribution in [3.05, 3.63) is 34.9 Å². The molecular weight excluding hydrogens is 200 g/mol. The molecule has 0 aliphatic heterocycles. The number of halogens is 2. The van der Waals surface area contributed by atoms with Crippen LogP contribution in [0.3, 0.4) is 0 Å². The van der Waals surface area contributed by atoms with Crippen LogP contribution in [0.5, 0.6) is 0 Å². The summed E-state index contributed by atoms with van der Waals surface area (Å²) in [7, 11) is 3.22. The number of likely N-dealkylation sites (N-methyl/N-ethyl adjacent to an activating group) is 1. The Hall–Kier alpha value is -1.00. The number of rotatable bonds is 5. The number of benzene rings is 1. The molecule has 0 spiro atoms.